The lowest BCUT2D eigenvalue weighted by Crippen LogP contribution is -2.33. The topological polar surface area (TPSA) is 66.6 Å². The Kier molecular flexibility index (Phi) is 6.07. The molecule has 4 heteroatoms. The molecule has 0 radical (unpaired) electrons. The van der Waals surface area contributed by atoms with Crippen molar-refractivity contribution in [1.82, 2.24) is 4.90 Å². The predicted molar refractivity (Wildman–Crippen MR) is 75.8 cm³/mol. The molecule has 0 heterocycles. The first kappa shape index (κ1) is 15.2. The molecule has 19 heavy (non-hydrogen) atoms. The Morgan fingerprint density at radius 2 is 2.21 bits per heavy atom. The number of aliphatic hydroxyl groups is 1. The van der Waals surface area contributed by atoms with E-state index in [4.69, 9.17) is 10.8 Å². The summed E-state index contributed by atoms with van der Waals surface area (Å²) in [5.41, 5.74) is 7.65. The molecule has 4 nitrogen and oxygen atoms in total. The van der Waals surface area contributed by atoms with E-state index in [1.54, 1.807) is 11.0 Å². The molecule has 0 fully saturated rings. The van der Waals surface area contributed by atoms with E-state index in [-0.39, 0.29) is 12.5 Å². The van der Waals surface area contributed by atoms with Crippen LogP contribution in [0.3, 0.4) is 0 Å². The number of likely N-dealkylation sites (N-methyl/N-ethyl adjacent to an activating group) is 1. The molecule has 0 saturated carbocycles. The summed E-state index contributed by atoms with van der Waals surface area (Å²) in [6, 6.07) is 5.47. The summed E-state index contributed by atoms with van der Waals surface area (Å²) in [6.45, 7) is 4.93. The summed E-state index contributed by atoms with van der Waals surface area (Å²) < 4.78 is 0. The van der Waals surface area contributed by atoms with Gasteiger partial charge < -0.3 is 15.7 Å². The van der Waals surface area contributed by atoms with Crippen LogP contribution < -0.4 is 5.73 Å². The van der Waals surface area contributed by atoms with Crippen molar-refractivity contribution in [3.8, 4) is 11.8 Å². The van der Waals surface area contributed by atoms with Crippen LogP contribution in [0.2, 0.25) is 0 Å². The van der Waals surface area contributed by atoms with Gasteiger partial charge in [0.15, 0.2) is 0 Å². The van der Waals surface area contributed by atoms with Crippen molar-refractivity contribution in [2.24, 2.45) is 5.73 Å². The van der Waals surface area contributed by atoms with Gasteiger partial charge in [0.05, 0.1) is 13.2 Å². The Hall–Kier alpha value is -1.83. The van der Waals surface area contributed by atoms with Gasteiger partial charge in [0.2, 0.25) is 0 Å². The van der Waals surface area contributed by atoms with Crippen molar-refractivity contribution in [3.05, 3.63) is 34.9 Å². The number of aliphatic hydroxyl groups excluding tert-OH is 1. The van der Waals surface area contributed by atoms with Gasteiger partial charge in [-0.2, -0.15) is 0 Å². The highest BCUT2D eigenvalue weighted by molar-refractivity contribution is 5.96. The molecule has 0 saturated heterocycles. The van der Waals surface area contributed by atoms with Crippen LogP contribution in [-0.4, -0.2) is 42.2 Å². The zero-order valence-electron chi connectivity index (χ0n) is 11.4. The fourth-order valence-corrected chi connectivity index (χ4v) is 1.84. The Morgan fingerprint density at radius 1 is 1.47 bits per heavy atom. The van der Waals surface area contributed by atoms with Crippen LogP contribution in [0.4, 0.5) is 0 Å². The third kappa shape index (κ3) is 3.82. The number of nitrogens with zero attached hydrogens (tertiary/aromatic N) is 1. The maximum absolute atomic E-state index is 12.4. The summed E-state index contributed by atoms with van der Waals surface area (Å²) >= 11 is 0. The van der Waals surface area contributed by atoms with Gasteiger partial charge in [-0.1, -0.05) is 17.9 Å². The average Bonchev–Trinajstić information content (AvgIpc) is 2.43. The quantitative estimate of drug-likeness (QED) is 0.785. The first-order valence-corrected chi connectivity index (χ1v) is 6.34. The van der Waals surface area contributed by atoms with Gasteiger partial charge in [0.1, 0.15) is 0 Å². The van der Waals surface area contributed by atoms with Crippen LogP contribution in [0.25, 0.3) is 0 Å². The van der Waals surface area contributed by atoms with Crippen LogP contribution in [0.15, 0.2) is 18.2 Å². The summed E-state index contributed by atoms with van der Waals surface area (Å²) in [5.74, 6) is 5.68. The highest BCUT2D eigenvalue weighted by atomic mass is 16.3. The maximum Gasteiger partial charge on any atom is 0.254 e. The smallest absolute Gasteiger partial charge is 0.254 e. The summed E-state index contributed by atoms with van der Waals surface area (Å²) in [7, 11) is 0. The van der Waals surface area contributed by atoms with Gasteiger partial charge >= 0.3 is 0 Å². The molecule has 0 bridgehead atoms. The van der Waals surface area contributed by atoms with Crippen molar-refractivity contribution in [2.75, 3.05) is 26.2 Å². The lowest BCUT2D eigenvalue weighted by atomic mass is 10.0. The SMILES string of the molecule is CCN(CCO)C(=O)c1cccc(C#CCN)c1C. The first-order chi connectivity index (χ1) is 9.15. The van der Waals surface area contributed by atoms with Crippen LogP contribution in [0, 0.1) is 18.8 Å². The van der Waals surface area contributed by atoms with E-state index in [2.05, 4.69) is 11.8 Å². The van der Waals surface area contributed by atoms with Crippen LogP contribution in [0.5, 0.6) is 0 Å². The number of benzene rings is 1. The zero-order chi connectivity index (χ0) is 14.3. The molecule has 0 spiro atoms. The number of carbonyl (C=O) groups excluding carboxylic acids is 1. The molecule has 0 aliphatic heterocycles. The minimum Gasteiger partial charge on any atom is -0.395 e. The van der Waals surface area contributed by atoms with Crippen LogP contribution in [-0.2, 0) is 0 Å². The summed E-state index contributed by atoms with van der Waals surface area (Å²) in [4.78, 5) is 14.0. The molecule has 102 valence electrons. The van der Waals surface area contributed by atoms with Gasteiger partial charge in [0, 0.05) is 24.2 Å². The van der Waals surface area contributed by atoms with Gasteiger partial charge in [0.25, 0.3) is 5.91 Å². The van der Waals surface area contributed by atoms with E-state index < -0.39 is 0 Å². The molecule has 0 aliphatic rings. The Labute approximate surface area is 114 Å². The second-order valence-corrected chi connectivity index (χ2v) is 4.09. The summed E-state index contributed by atoms with van der Waals surface area (Å²) in [5, 5.41) is 8.97. The normalized spacial score (nSPS) is 9.68. The van der Waals surface area contributed by atoms with E-state index in [0.29, 0.717) is 25.2 Å². The first-order valence-electron chi connectivity index (χ1n) is 6.34. The molecular weight excluding hydrogens is 240 g/mol. The molecule has 0 aliphatic carbocycles. The molecule has 1 aromatic rings. The molecule has 0 aromatic heterocycles. The van der Waals surface area contributed by atoms with Crippen molar-refractivity contribution < 1.29 is 9.90 Å². The average molecular weight is 260 g/mol. The third-order valence-corrected chi connectivity index (χ3v) is 2.93. The zero-order valence-corrected chi connectivity index (χ0v) is 11.4. The van der Waals surface area contributed by atoms with Crippen molar-refractivity contribution >= 4 is 5.91 Å². The van der Waals surface area contributed by atoms with Gasteiger partial charge in [-0.25, -0.2) is 0 Å². The molecule has 1 amide bonds. The summed E-state index contributed by atoms with van der Waals surface area (Å²) in [6.07, 6.45) is 0. The highest BCUT2D eigenvalue weighted by Gasteiger charge is 2.16. The lowest BCUT2D eigenvalue weighted by molar-refractivity contribution is 0.0731. The Balaban J connectivity index is 3.10. The van der Waals surface area contributed by atoms with E-state index >= 15 is 0 Å². The standard InChI is InChI=1S/C15H20N2O2/c1-3-17(10-11-18)15(19)14-8-4-6-13(12(14)2)7-5-9-16/h4,6,8,18H,3,9-11,16H2,1-2H3. The van der Waals surface area contributed by atoms with Gasteiger partial charge in [-0.15, -0.1) is 0 Å². The van der Waals surface area contributed by atoms with Gasteiger partial charge in [-0.3, -0.25) is 4.79 Å². The number of carbonyl (C=O) groups is 1. The maximum atomic E-state index is 12.4. The fourth-order valence-electron chi connectivity index (χ4n) is 1.84. The fraction of sp³-hybridized carbons (Fsp3) is 0.400. The van der Waals surface area contributed by atoms with Gasteiger partial charge in [-0.05, 0) is 31.5 Å². The Bertz CT molecular complexity index is 501. The van der Waals surface area contributed by atoms with Crippen molar-refractivity contribution in [2.45, 2.75) is 13.8 Å². The monoisotopic (exact) mass is 260 g/mol. The third-order valence-electron chi connectivity index (χ3n) is 2.93. The molecule has 1 rings (SSSR count). The minimum atomic E-state index is -0.0783. The van der Waals surface area contributed by atoms with Crippen molar-refractivity contribution in [1.29, 1.82) is 0 Å². The van der Waals surface area contributed by atoms with Crippen molar-refractivity contribution in [3.63, 3.8) is 0 Å². The second kappa shape index (κ2) is 7.57. The Morgan fingerprint density at radius 3 is 2.79 bits per heavy atom. The van der Waals surface area contributed by atoms with E-state index in [9.17, 15) is 4.79 Å². The number of hydrogen-bond donors (Lipinski definition) is 2. The minimum absolute atomic E-state index is 0.0364. The molecule has 1 aromatic carbocycles. The van der Waals surface area contributed by atoms with E-state index in [0.717, 1.165) is 11.1 Å². The number of rotatable bonds is 4. The molecule has 0 unspecified atom stereocenters. The molecule has 3 N–H and O–H groups in total. The number of nitrogens with two attached hydrogens (primary N) is 1. The highest BCUT2D eigenvalue weighted by Crippen LogP contribution is 2.15. The largest absolute Gasteiger partial charge is 0.395 e. The number of hydrogen-bond acceptors (Lipinski definition) is 3. The van der Waals surface area contributed by atoms with Crippen LogP contribution >= 0.6 is 0 Å². The van der Waals surface area contributed by atoms with E-state index in [1.165, 1.54) is 0 Å². The lowest BCUT2D eigenvalue weighted by Gasteiger charge is -2.21. The predicted octanol–water partition coefficient (Wildman–Crippen LogP) is 0.760. The van der Waals surface area contributed by atoms with Crippen LogP contribution in [0.1, 0.15) is 28.4 Å². The molecular formula is C15H20N2O2. The number of amides is 1. The second-order valence-electron chi connectivity index (χ2n) is 4.09. The van der Waals surface area contributed by atoms with E-state index in [1.807, 2.05) is 26.0 Å². The molecule has 0 atom stereocenters.